The number of nitrogens with two attached hydrogens (primary N) is 1. The average molecular weight is 373 g/mol. The summed E-state index contributed by atoms with van der Waals surface area (Å²) in [5.41, 5.74) is 5.22. The molecule has 0 aromatic carbocycles. The van der Waals surface area contributed by atoms with Gasteiger partial charge in [0.25, 0.3) is 0 Å². The second kappa shape index (κ2) is 9.53. The van der Waals surface area contributed by atoms with E-state index >= 15 is 0 Å². The molecule has 0 aliphatic rings. The van der Waals surface area contributed by atoms with Gasteiger partial charge in [-0.25, -0.2) is 4.79 Å². The lowest BCUT2D eigenvalue weighted by atomic mass is 10.1. The number of rotatable bonds is 6. The summed E-state index contributed by atoms with van der Waals surface area (Å²) in [6.45, 7) is 6.50. The van der Waals surface area contributed by atoms with Crippen molar-refractivity contribution in [1.82, 2.24) is 5.32 Å². The molecule has 2 atom stereocenters. The van der Waals surface area contributed by atoms with E-state index < -0.39 is 39.4 Å². The van der Waals surface area contributed by atoms with Gasteiger partial charge in [0.1, 0.15) is 12.1 Å². The SMILES string of the molecule is CC(C)(S)C(=O)NC(CS)C(=O)O.CC(C)(S)[C@@H](N)C(=O)O. The van der Waals surface area contributed by atoms with Gasteiger partial charge in [-0.05, 0) is 27.7 Å². The molecule has 0 spiro atoms. The first-order valence-electron chi connectivity index (χ1n) is 6.22. The Morgan fingerprint density at radius 1 is 1.09 bits per heavy atom. The van der Waals surface area contributed by atoms with Gasteiger partial charge in [-0.3, -0.25) is 9.59 Å². The molecule has 0 aromatic rings. The van der Waals surface area contributed by atoms with Crippen LogP contribution in [-0.4, -0.2) is 55.4 Å². The van der Waals surface area contributed by atoms with Crippen molar-refractivity contribution in [3.8, 4) is 0 Å². The van der Waals surface area contributed by atoms with Crippen molar-refractivity contribution in [2.75, 3.05) is 5.75 Å². The van der Waals surface area contributed by atoms with Gasteiger partial charge < -0.3 is 21.3 Å². The largest absolute Gasteiger partial charge is 0.480 e. The van der Waals surface area contributed by atoms with Crippen molar-refractivity contribution in [1.29, 1.82) is 0 Å². The van der Waals surface area contributed by atoms with Crippen molar-refractivity contribution in [2.45, 2.75) is 49.3 Å². The number of amides is 1. The van der Waals surface area contributed by atoms with Gasteiger partial charge >= 0.3 is 11.9 Å². The molecule has 0 aliphatic carbocycles. The zero-order valence-electron chi connectivity index (χ0n) is 12.9. The Bertz CT molecular complexity index is 405. The summed E-state index contributed by atoms with van der Waals surface area (Å²) in [5.74, 6) is -2.47. The van der Waals surface area contributed by atoms with Crippen LogP contribution < -0.4 is 11.1 Å². The molecule has 0 saturated carbocycles. The number of thiol groups is 3. The van der Waals surface area contributed by atoms with Crippen LogP contribution in [0.25, 0.3) is 0 Å². The van der Waals surface area contributed by atoms with Crippen molar-refractivity contribution in [3.05, 3.63) is 0 Å². The summed E-state index contributed by atoms with van der Waals surface area (Å²) < 4.78 is -1.53. The Kier molecular flexibility index (Phi) is 10.3. The highest BCUT2D eigenvalue weighted by Gasteiger charge is 2.28. The number of hydrogen-bond acceptors (Lipinski definition) is 7. The Morgan fingerprint density at radius 2 is 1.50 bits per heavy atom. The summed E-state index contributed by atoms with van der Waals surface area (Å²) in [6.07, 6.45) is 0. The first kappa shape index (κ1) is 23.7. The van der Waals surface area contributed by atoms with Crippen LogP contribution in [0.1, 0.15) is 27.7 Å². The first-order chi connectivity index (χ1) is 9.64. The van der Waals surface area contributed by atoms with Crippen molar-refractivity contribution < 1.29 is 24.6 Å². The Hall–Kier alpha value is -0.580. The van der Waals surface area contributed by atoms with E-state index in [0.717, 1.165) is 0 Å². The van der Waals surface area contributed by atoms with Gasteiger partial charge in [-0.2, -0.15) is 37.9 Å². The van der Waals surface area contributed by atoms with Gasteiger partial charge in [0.2, 0.25) is 5.91 Å². The molecule has 7 nitrogen and oxygen atoms in total. The van der Waals surface area contributed by atoms with Crippen LogP contribution >= 0.6 is 37.9 Å². The molecule has 1 amide bonds. The van der Waals surface area contributed by atoms with Gasteiger partial charge in [-0.15, -0.1) is 0 Å². The molecule has 10 heteroatoms. The summed E-state index contributed by atoms with van der Waals surface area (Å²) in [4.78, 5) is 31.9. The van der Waals surface area contributed by atoms with Crippen LogP contribution in [0, 0.1) is 0 Å². The van der Waals surface area contributed by atoms with Crippen LogP contribution in [-0.2, 0) is 14.4 Å². The summed E-state index contributed by atoms with van der Waals surface area (Å²) in [6, 6.07) is -1.86. The van der Waals surface area contributed by atoms with Gasteiger partial charge in [-0.1, -0.05) is 0 Å². The highest BCUT2D eigenvalue weighted by atomic mass is 32.1. The lowest BCUT2D eigenvalue weighted by Crippen LogP contribution is -2.48. The maximum atomic E-state index is 11.3. The zero-order chi connectivity index (χ0) is 18.3. The van der Waals surface area contributed by atoms with E-state index in [-0.39, 0.29) is 5.75 Å². The Morgan fingerprint density at radius 3 is 1.64 bits per heavy atom. The number of hydrogen-bond donors (Lipinski definition) is 7. The molecule has 0 radical (unpaired) electrons. The minimum Gasteiger partial charge on any atom is -0.480 e. The fourth-order valence-electron chi connectivity index (χ4n) is 0.823. The predicted molar refractivity (Wildman–Crippen MR) is 95.2 cm³/mol. The molecule has 0 rings (SSSR count). The number of carboxylic acid groups (broad SMARTS) is 2. The number of carbonyl (C=O) groups is 3. The summed E-state index contributed by atoms with van der Waals surface area (Å²) in [5, 5.41) is 19.3. The highest BCUT2D eigenvalue weighted by molar-refractivity contribution is 7.82. The van der Waals surface area contributed by atoms with Crippen molar-refractivity contribution in [2.24, 2.45) is 5.73 Å². The molecule has 0 aromatic heterocycles. The maximum Gasteiger partial charge on any atom is 0.327 e. The van der Waals surface area contributed by atoms with E-state index in [2.05, 4.69) is 43.2 Å². The third-order valence-corrected chi connectivity index (χ3v) is 3.22. The van der Waals surface area contributed by atoms with Crippen LogP contribution in [0.15, 0.2) is 0 Å². The molecule has 0 fully saturated rings. The third kappa shape index (κ3) is 10.2. The lowest BCUT2D eigenvalue weighted by molar-refractivity contribution is -0.141. The van der Waals surface area contributed by atoms with Crippen molar-refractivity contribution in [3.63, 3.8) is 0 Å². The van der Waals surface area contributed by atoms with Crippen molar-refractivity contribution >= 4 is 55.7 Å². The second-order valence-corrected chi connectivity index (χ2v) is 8.21. The fraction of sp³-hybridized carbons (Fsp3) is 0.750. The predicted octanol–water partition coefficient (Wildman–Crippen LogP) is 0.301. The van der Waals surface area contributed by atoms with Crippen LogP contribution in [0.5, 0.6) is 0 Å². The molecule has 0 aliphatic heterocycles. The van der Waals surface area contributed by atoms with Gasteiger partial charge in [0.05, 0.1) is 4.75 Å². The molecular formula is C12H24N2O5S3. The lowest BCUT2D eigenvalue weighted by Gasteiger charge is -2.21. The average Bonchev–Trinajstić information content (AvgIpc) is 2.32. The standard InChI is InChI=1S/C7H13NO3S2.C5H11NO2S/c1-7(2,13)6(11)8-4(3-12)5(9)10;1-5(2,9)3(6)4(7)8/h4,12-13H,3H2,1-2H3,(H,8,11)(H,9,10);3,9H,6H2,1-2H3,(H,7,8)/t;3-/m.0/s1. The molecule has 22 heavy (non-hydrogen) atoms. The molecule has 0 heterocycles. The van der Waals surface area contributed by atoms with E-state index in [1.807, 2.05) is 0 Å². The van der Waals surface area contributed by atoms with Crippen LogP contribution in [0.4, 0.5) is 0 Å². The minimum absolute atomic E-state index is 0.0604. The molecule has 130 valence electrons. The minimum atomic E-state index is -1.10. The monoisotopic (exact) mass is 372 g/mol. The number of aliphatic carboxylic acids is 2. The number of carbonyl (C=O) groups excluding carboxylic acids is 1. The second-order valence-electron chi connectivity index (χ2n) is 5.58. The van der Waals surface area contributed by atoms with E-state index in [1.165, 1.54) is 0 Å². The Labute approximate surface area is 146 Å². The Balaban J connectivity index is 0. The highest BCUT2D eigenvalue weighted by Crippen LogP contribution is 2.15. The summed E-state index contributed by atoms with van der Waals surface area (Å²) in [7, 11) is 0. The fourth-order valence-corrected chi connectivity index (χ4v) is 1.24. The number of nitrogens with one attached hydrogen (secondary N) is 1. The molecular weight excluding hydrogens is 348 g/mol. The van der Waals surface area contributed by atoms with Crippen LogP contribution in [0.3, 0.4) is 0 Å². The first-order valence-corrected chi connectivity index (χ1v) is 7.75. The van der Waals surface area contributed by atoms with Gasteiger partial charge in [0, 0.05) is 10.5 Å². The molecule has 5 N–H and O–H groups in total. The van der Waals surface area contributed by atoms with Crippen LogP contribution in [0.2, 0.25) is 0 Å². The number of carboxylic acids is 2. The summed E-state index contributed by atoms with van der Waals surface area (Å²) >= 11 is 11.8. The smallest absolute Gasteiger partial charge is 0.327 e. The molecule has 0 bridgehead atoms. The third-order valence-electron chi connectivity index (χ3n) is 2.37. The zero-order valence-corrected chi connectivity index (χ0v) is 15.6. The van der Waals surface area contributed by atoms with E-state index in [4.69, 9.17) is 15.9 Å². The quantitative estimate of drug-likeness (QED) is 0.336. The van der Waals surface area contributed by atoms with Gasteiger partial charge in [0.15, 0.2) is 0 Å². The van der Waals surface area contributed by atoms with E-state index in [1.54, 1.807) is 27.7 Å². The van der Waals surface area contributed by atoms with E-state index in [0.29, 0.717) is 0 Å². The maximum absolute atomic E-state index is 11.3. The normalized spacial score (nSPS) is 14.2. The molecule has 1 unspecified atom stereocenters. The van der Waals surface area contributed by atoms with E-state index in [9.17, 15) is 14.4 Å². The molecule has 0 saturated heterocycles. The topological polar surface area (TPSA) is 130 Å².